The maximum atomic E-state index is 10.6. The van der Waals surface area contributed by atoms with Crippen LogP contribution in [0, 0.1) is 0 Å². The van der Waals surface area contributed by atoms with Gasteiger partial charge in [0.2, 0.25) is 0 Å². The van der Waals surface area contributed by atoms with Gasteiger partial charge >= 0.3 is 6.16 Å². The molecule has 1 atom stereocenters. The summed E-state index contributed by atoms with van der Waals surface area (Å²) in [5.74, 6) is 0.357. The summed E-state index contributed by atoms with van der Waals surface area (Å²) in [6.45, 7) is 5.63. The molecule has 1 aromatic carbocycles. The molecule has 0 aromatic heterocycles. The zero-order valence-corrected chi connectivity index (χ0v) is 11.3. The first-order chi connectivity index (χ1) is 9.13. The molecule has 0 bridgehead atoms. The lowest BCUT2D eigenvalue weighted by Gasteiger charge is -2.15. The maximum absolute atomic E-state index is 10.6. The third kappa shape index (κ3) is 6.22. The van der Waals surface area contributed by atoms with Crippen molar-refractivity contribution in [3.05, 3.63) is 29.8 Å². The number of hydrogen-bond acceptors (Lipinski definition) is 4. The summed E-state index contributed by atoms with van der Waals surface area (Å²) in [5.41, 5.74) is 0.814. The molecule has 0 aliphatic rings. The minimum Gasteiger partial charge on any atom is -0.449 e. The van der Waals surface area contributed by atoms with Crippen molar-refractivity contribution in [2.75, 3.05) is 19.8 Å². The quantitative estimate of drug-likeness (QED) is 0.446. The van der Waals surface area contributed by atoms with Gasteiger partial charge in [-0.15, -0.1) is 0 Å². The molecule has 0 saturated carbocycles. The first-order valence-corrected chi connectivity index (χ1v) is 6.31. The Morgan fingerprint density at radius 2 is 2.05 bits per heavy atom. The predicted molar refractivity (Wildman–Crippen MR) is 70.7 cm³/mol. The highest BCUT2D eigenvalue weighted by Gasteiger charge is 2.11. The van der Waals surface area contributed by atoms with Crippen LogP contribution >= 0.6 is 0 Å². The lowest BCUT2D eigenvalue weighted by Crippen LogP contribution is -2.16. The standard InChI is InChI=1S/C14H20O5/c1-3-17-8-9-18-11(2)10-12-6-4-5-7-13(12)19-14(15)16/h4-7,11H,3,8-10H2,1-2H3,(H,15,16). The summed E-state index contributed by atoms with van der Waals surface area (Å²) in [5, 5.41) is 8.66. The number of carboxylic acid groups (broad SMARTS) is 1. The van der Waals surface area contributed by atoms with Crippen LogP contribution in [0.1, 0.15) is 19.4 Å². The summed E-state index contributed by atoms with van der Waals surface area (Å²) in [4.78, 5) is 10.6. The van der Waals surface area contributed by atoms with E-state index in [1.165, 1.54) is 0 Å². The van der Waals surface area contributed by atoms with E-state index in [-0.39, 0.29) is 6.10 Å². The average Bonchev–Trinajstić information content (AvgIpc) is 2.36. The lowest BCUT2D eigenvalue weighted by atomic mass is 10.1. The zero-order valence-electron chi connectivity index (χ0n) is 11.3. The Morgan fingerprint density at radius 1 is 1.32 bits per heavy atom. The first kappa shape index (κ1) is 15.5. The summed E-state index contributed by atoms with van der Waals surface area (Å²) < 4.78 is 15.5. The Hall–Kier alpha value is -1.59. The van der Waals surface area contributed by atoms with Gasteiger partial charge < -0.3 is 19.3 Å². The fourth-order valence-corrected chi connectivity index (χ4v) is 1.69. The SMILES string of the molecule is CCOCCOC(C)Cc1ccccc1OC(=O)O. The van der Waals surface area contributed by atoms with Crippen molar-refractivity contribution in [1.82, 2.24) is 0 Å². The van der Waals surface area contributed by atoms with Crippen LogP contribution in [0.5, 0.6) is 5.75 Å². The Bertz CT molecular complexity index is 391. The molecule has 1 aromatic rings. The van der Waals surface area contributed by atoms with Crippen LogP contribution in [-0.2, 0) is 15.9 Å². The smallest absolute Gasteiger partial charge is 0.449 e. The van der Waals surface area contributed by atoms with Crippen LogP contribution in [0.25, 0.3) is 0 Å². The van der Waals surface area contributed by atoms with E-state index in [1.54, 1.807) is 12.1 Å². The molecule has 0 radical (unpaired) electrons. The van der Waals surface area contributed by atoms with Crippen LogP contribution in [0.3, 0.4) is 0 Å². The van der Waals surface area contributed by atoms with Gasteiger partial charge in [-0.2, -0.15) is 0 Å². The van der Waals surface area contributed by atoms with Gasteiger partial charge in [-0.3, -0.25) is 0 Å². The van der Waals surface area contributed by atoms with E-state index in [2.05, 4.69) is 0 Å². The van der Waals surface area contributed by atoms with E-state index >= 15 is 0 Å². The van der Waals surface area contributed by atoms with Crippen molar-refractivity contribution in [3.63, 3.8) is 0 Å². The monoisotopic (exact) mass is 268 g/mol. The minimum absolute atomic E-state index is 0.0287. The molecule has 1 N–H and O–H groups in total. The van der Waals surface area contributed by atoms with Gasteiger partial charge in [-0.1, -0.05) is 18.2 Å². The third-order valence-electron chi connectivity index (χ3n) is 2.51. The molecular weight excluding hydrogens is 248 g/mol. The van der Waals surface area contributed by atoms with Crippen molar-refractivity contribution < 1.29 is 24.1 Å². The van der Waals surface area contributed by atoms with Crippen molar-refractivity contribution in [1.29, 1.82) is 0 Å². The normalized spacial score (nSPS) is 12.1. The fourth-order valence-electron chi connectivity index (χ4n) is 1.69. The van der Waals surface area contributed by atoms with E-state index in [9.17, 15) is 4.79 Å². The van der Waals surface area contributed by atoms with Gasteiger partial charge in [0.05, 0.1) is 19.3 Å². The molecule has 0 saturated heterocycles. The summed E-state index contributed by atoms with van der Waals surface area (Å²) in [6, 6.07) is 7.05. The fraction of sp³-hybridized carbons (Fsp3) is 0.500. The third-order valence-corrected chi connectivity index (χ3v) is 2.51. The number of carbonyl (C=O) groups is 1. The highest BCUT2D eigenvalue weighted by molar-refractivity contribution is 5.62. The summed E-state index contributed by atoms with van der Waals surface area (Å²) in [7, 11) is 0. The molecule has 106 valence electrons. The van der Waals surface area contributed by atoms with Crippen molar-refractivity contribution >= 4 is 6.16 Å². The summed E-state index contributed by atoms with van der Waals surface area (Å²) >= 11 is 0. The topological polar surface area (TPSA) is 65.0 Å². The van der Waals surface area contributed by atoms with Crippen LogP contribution in [0.2, 0.25) is 0 Å². The minimum atomic E-state index is -1.31. The van der Waals surface area contributed by atoms with E-state index in [0.29, 0.717) is 32.0 Å². The van der Waals surface area contributed by atoms with Crippen LogP contribution in [0.4, 0.5) is 4.79 Å². The Labute approximate surface area is 113 Å². The van der Waals surface area contributed by atoms with Gasteiger partial charge in [0.15, 0.2) is 0 Å². The van der Waals surface area contributed by atoms with E-state index < -0.39 is 6.16 Å². The first-order valence-electron chi connectivity index (χ1n) is 6.31. The number of hydrogen-bond donors (Lipinski definition) is 1. The second-order valence-electron chi connectivity index (χ2n) is 4.06. The van der Waals surface area contributed by atoms with Crippen LogP contribution in [-0.4, -0.2) is 37.2 Å². The Morgan fingerprint density at radius 3 is 2.74 bits per heavy atom. The van der Waals surface area contributed by atoms with Gasteiger partial charge in [0.25, 0.3) is 0 Å². The highest BCUT2D eigenvalue weighted by atomic mass is 16.7. The molecule has 5 nitrogen and oxygen atoms in total. The largest absolute Gasteiger partial charge is 0.511 e. The van der Waals surface area contributed by atoms with Crippen LogP contribution in [0.15, 0.2) is 24.3 Å². The number of para-hydroxylation sites is 1. The summed E-state index contributed by atoms with van der Waals surface area (Å²) in [6.07, 6.45) is -0.744. The highest BCUT2D eigenvalue weighted by Crippen LogP contribution is 2.20. The van der Waals surface area contributed by atoms with Gasteiger partial charge in [0, 0.05) is 13.0 Å². The average molecular weight is 268 g/mol. The second kappa shape index (κ2) is 8.50. The molecular formula is C14H20O5. The van der Waals surface area contributed by atoms with Gasteiger partial charge in [0.1, 0.15) is 5.75 Å². The maximum Gasteiger partial charge on any atom is 0.511 e. The molecule has 19 heavy (non-hydrogen) atoms. The molecule has 1 rings (SSSR count). The molecule has 5 heteroatoms. The van der Waals surface area contributed by atoms with Gasteiger partial charge in [-0.05, 0) is 25.5 Å². The molecule has 1 unspecified atom stereocenters. The van der Waals surface area contributed by atoms with Crippen LogP contribution < -0.4 is 4.74 Å². The Balaban J connectivity index is 2.48. The number of ether oxygens (including phenoxy) is 3. The lowest BCUT2D eigenvalue weighted by molar-refractivity contribution is 0.0155. The molecule has 0 fully saturated rings. The predicted octanol–water partition coefficient (Wildman–Crippen LogP) is 2.73. The van der Waals surface area contributed by atoms with Crippen molar-refractivity contribution in [3.8, 4) is 5.75 Å². The van der Waals surface area contributed by atoms with E-state index in [1.807, 2.05) is 26.0 Å². The van der Waals surface area contributed by atoms with Gasteiger partial charge in [-0.25, -0.2) is 4.79 Å². The number of rotatable bonds is 8. The Kier molecular flexibility index (Phi) is 6.92. The number of benzene rings is 1. The molecule has 0 amide bonds. The molecule has 0 heterocycles. The molecule has 0 spiro atoms. The molecule has 0 aliphatic carbocycles. The second-order valence-corrected chi connectivity index (χ2v) is 4.06. The van der Waals surface area contributed by atoms with Crippen molar-refractivity contribution in [2.24, 2.45) is 0 Å². The van der Waals surface area contributed by atoms with E-state index in [4.69, 9.17) is 19.3 Å². The van der Waals surface area contributed by atoms with Crippen molar-refractivity contribution in [2.45, 2.75) is 26.4 Å². The molecule has 0 aliphatic heterocycles. The van der Waals surface area contributed by atoms with E-state index in [0.717, 1.165) is 5.56 Å². The zero-order chi connectivity index (χ0) is 14.1.